The number of nitrogens with two attached hydrogens (primary N) is 1. The lowest BCUT2D eigenvalue weighted by molar-refractivity contribution is 0.0992. The molecule has 2 heterocycles. The molecule has 5 rings (SSSR count). The van der Waals surface area contributed by atoms with Gasteiger partial charge in [-0.15, -0.1) is 0 Å². The summed E-state index contributed by atoms with van der Waals surface area (Å²) in [6, 6.07) is 21.9. The highest BCUT2D eigenvalue weighted by atomic mass is 16.1. The van der Waals surface area contributed by atoms with Crippen molar-refractivity contribution >= 4 is 17.5 Å². The third-order valence-corrected chi connectivity index (χ3v) is 5.62. The van der Waals surface area contributed by atoms with Crippen molar-refractivity contribution in [3.8, 4) is 11.4 Å². The lowest BCUT2D eigenvalue weighted by atomic mass is 10.1. The Balaban J connectivity index is 1.64. The number of fused-ring (bicyclic) bond motifs is 3. The van der Waals surface area contributed by atoms with E-state index in [0.717, 1.165) is 53.0 Å². The van der Waals surface area contributed by atoms with Gasteiger partial charge < -0.3 is 15.6 Å². The molecular formula is C25H23N5O. The Bertz CT molecular complexity index is 1230. The van der Waals surface area contributed by atoms with Crippen molar-refractivity contribution < 1.29 is 4.79 Å². The molecule has 0 atom stereocenters. The molecule has 0 bridgehead atoms. The third-order valence-electron chi connectivity index (χ3n) is 5.62. The molecule has 0 aliphatic heterocycles. The number of aromatic nitrogens is 3. The summed E-state index contributed by atoms with van der Waals surface area (Å²) >= 11 is 0. The lowest BCUT2D eigenvalue weighted by Gasteiger charge is -2.15. The first-order valence-corrected chi connectivity index (χ1v) is 10.4. The standard InChI is InChI=1S/C25H23N5O/c26-24(31)21-14-18-10-7-11-19-15-27-25(28-20-12-5-2-6-13-20)29-22(19)23(18)30(21)16-17-8-3-1-4-9-17/h1-6,8-9,12-15H,7,10-11,16H2,(H2,26,31)(H,27,28,29). The van der Waals surface area contributed by atoms with Crippen molar-refractivity contribution in [3.63, 3.8) is 0 Å². The summed E-state index contributed by atoms with van der Waals surface area (Å²) < 4.78 is 2.01. The largest absolute Gasteiger partial charge is 0.364 e. The number of nitrogens with one attached hydrogen (secondary N) is 1. The van der Waals surface area contributed by atoms with E-state index in [0.29, 0.717) is 18.2 Å². The van der Waals surface area contributed by atoms with Crippen LogP contribution in [0.5, 0.6) is 0 Å². The summed E-state index contributed by atoms with van der Waals surface area (Å²) in [6.45, 7) is 0.555. The third kappa shape index (κ3) is 3.80. The van der Waals surface area contributed by atoms with Gasteiger partial charge in [0.1, 0.15) is 5.69 Å². The molecule has 0 radical (unpaired) electrons. The first-order chi connectivity index (χ1) is 15.2. The molecule has 4 aromatic rings. The van der Waals surface area contributed by atoms with Gasteiger partial charge in [-0.25, -0.2) is 9.97 Å². The molecule has 2 aromatic heterocycles. The molecule has 1 amide bonds. The second kappa shape index (κ2) is 8.07. The van der Waals surface area contributed by atoms with E-state index in [4.69, 9.17) is 10.7 Å². The second-order valence-electron chi connectivity index (χ2n) is 7.75. The average molecular weight is 409 g/mol. The van der Waals surface area contributed by atoms with Crippen LogP contribution in [0.4, 0.5) is 11.6 Å². The fourth-order valence-corrected chi connectivity index (χ4v) is 4.18. The molecular weight excluding hydrogens is 386 g/mol. The van der Waals surface area contributed by atoms with Crippen LogP contribution in [-0.2, 0) is 19.4 Å². The minimum atomic E-state index is -0.428. The summed E-state index contributed by atoms with van der Waals surface area (Å²) in [5.41, 5.74) is 12.3. The molecule has 0 unspecified atom stereocenters. The minimum absolute atomic E-state index is 0.428. The van der Waals surface area contributed by atoms with Crippen LogP contribution in [0.2, 0.25) is 0 Å². The number of para-hydroxylation sites is 1. The Morgan fingerprint density at radius 1 is 1.00 bits per heavy atom. The van der Waals surface area contributed by atoms with Gasteiger partial charge in [-0.3, -0.25) is 4.79 Å². The van der Waals surface area contributed by atoms with E-state index in [2.05, 4.69) is 22.4 Å². The number of nitrogens with zero attached hydrogens (tertiary/aromatic N) is 3. The molecule has 0 saturated heterocycles. The van der Waals surface area contributed by atoms with E-state index in [-0.39, 0.29) is 0 Å². The monoisotopic (exact) mass is 409 g/mol. The number of amides is 1. The highest BCUT2D eigenvalue weighted by Crippen LogP contribution is 2.35. The average Bonchev–Trinajstić information content (AvgIpc) is 3.04. The van der Waals surface area contributed by atoms with E-state index in [9.17, 15) is 4.79 Å². The molecule has 154 valence electrons. The normalized spacial score (nSPS) is 12.5. The predicted octanol–water partition coefficient (Wildman–Crippen LogP) is 4.32. The van der Waals surface area contributed by atoms with Gasteiger partial charge in [0.25, 0.3) is 5.91 Å². The molecule has 31 heavy (non-hydrogen) atoms. The maximum absolute atomic E-state index is 12.3. The summed E-state index contributed by atoms with van der Waals surface area (Å²) in [5, 5.41) is 3.28. The van der Waals surface area contributed by atoms with Crippen molar-refractivity contribution in [1.29, 1.82) is 0 Å². The molecule has 0 saturated carbocycles. The summed E-state index contributed by atoms with van der Waals surface area (Å²) in [5.74, 6) is 0.105. The van der Waals surface area contributed by atoms with Gasteiger partial charge >= 0.3 is 0 Å². The number of anilines is 2. The van der Waals surface area contributed by atoms with Crippen molar-refractivity contribution in [3.05, 3.63) is 95.3 Å². The molecule has 0 fully saturated rings. The van der Waals surface area contributed by atoms with E-state index < -0.39 is 5.91 Å². The van der Waals surface area contributed by atoms with Crippen LogP contribution in [0.1, 0.15) is 33.6 Å². The maximum Gasteiger partial charge on any atom is 0.265 e. The Morgan fingerprint density at radius 2 is 1.71 bits per heavy atom. The predicted molar refractivity (Wildman–Crippen MR) is 121 cm³/mol. The summed E-state index contributed by atoms with van der Waals surface area (Å²) in [6.07, 6.45) is 4.64. The van der Waals surface area contributed by atoms with Crippen LogP contribution in [0, 0.1) is 0 Å². The number of primary amides is 1. The molecule has 0 spiro atoms. The van der Waals surface area contributed by atoms with E-state index in [1.165, 1.54) is 0 Å². The van der Waals surface area contributed by atoms with E-state index >= 15 is 0 Å². The Hall–Kier alpha value is -3.93. The van der Waals surface area contributed by atoms with E-state index in [1.54, 1.807) is 0 Å². The minimum Gasteiger partial charge on any atom is -0.364 e. The first kappa shape index (κ1) is 19.1. The van der Waals surface area contributed by atoms with Gasteiger partial charge in [-0.05, 0) is 54.2 Å². The van der Waals surface area contributed by atoms with Gasteiger partial charge in [0.15, 0.2) is 0 Å². The van der Waals surface area contributed by atoms with Crippen molar-refractivity contribution in [2.24, 2.45) is 5.73 Å². The van der Waals surface area contributed by atoms with Crippen LogP contribution < -0.4 is 11.1 Å². The maximum atomic E-state index is 12.3. The molecule has 1 aliphatic carbocycles. The Labute approximate surface area is 180 Å². The Morgan fingerprint density at radius 3 is 2.45 bits per heavy atom. The van der Waals surface area contributed by atoms with Crippen LogP contribution >= 0.6 is 0 Å². The number of carbonyl (C=O) groups excluding carboxylic acids is 1. The number of hydrogen-bond donors (Lipinski definition) is 2. The molecule has 2 aromatic carbocycles. The first-order valence-electron chi connectivity index (χ1n) is 10.4. The lowest BCUT2D eigenvalue weighted by Crippen LogP contribution is -2.18. The molecule has 6 heteroatoms. The number of hydrogen-bond acceptors (Lipinski definition) is 4. The fraction of sp³-hybridized carbons (Fsp3) is 0.160. The van der Waals surface area contributed by atoms with Gasteiger partial charge in [0.05, 0.1) is 11.4 Å². The van der Waals surface area contributed by atoms with Crippen LogP contribution in [0.25, 0.3) is 11.4 Å². The van der Waals surface area contributed by atoms with Crippen LogP contribution in [0.15, 0.2) is 72.9 Å². The number of benzene rings is 2. The van der Waals surface area contributed by atoms with Crippen molar-refractivity contribution in [2.45, 2.75) is 25.8 Å². The molecule has 1 aliphatic rings. The highest BCUT2D eigenvalue weighted by Gasteiger charge is 2.25. The van der Waals surface area contributed by atoms with Gasteiger partial charge in [0.2, 0.25) is 5.95 Å². The topological polar surface area (TPSA) is 85.8 Å². The zero-order chi connectivity index (χ0) is 21.2. The van der Waals surface area contributed by atoms with Crippen molar-refractivity contribution in [2.75, 3.05) is 5.32 Å². The second-order valence-corrected chi connectivity index (χ2v) is 7.75. The number of aryl methyl sites for hydroxylation is 2. The van der Waals surface area contributed by atoms with Crippen LogP contribution in [0.3, 0.4) is 0 Å². The zero-order valence-electron chi connectivity index (χ0n) is 17.1. The highest BCUT2D eigenvalue weighted by molar-refractivity contribution is 5.93. The van der Waals surface area contributed by atoms with Gasteiger partial charge in [0, 0.05) is 18.4 Å². The molecule has 3 N–H and O–H groups in total. The number of rotatable bonds is 5. The van der Waals surface area contributed by atoms with Gasteiger partial charge in [-0.1, -0.05) is 48.5 Å². The smallest absolute Gasteiger partial charge is 0.265 e. The zero-order valence-corrected chi connectivity index (χ0v) is 17.1. The quantitative estimate of drug-likeness (QED) is 0.514. The fourth-order valence-electron chi connectivity index (χ4n) is 4.18. The summed E-state index contributed by atoms with van der Waals surface area (Å²) in [7, 11) is 0. The van der Waals surface area contributed by atoms with Crippen LogP contribution in [-0.4, -0.2) is 20.4 Å². The van der Waals surface area contributed by atoms with Gasteiger partial charge in [-0.2, -0.15) is 0 Å². The number of carbonyl (C=O) groups is 1. The molecule has 6 nitrogen and oxygen atoms in total. The SMILES string of the molecule is NC(=O)c1cc2c(n1Cc1ccccc1)-c1nc(Nc3ccccc3)ncc1CCC2. The Kier molecular flexibility index (Phi) is 4.96. The van der Waals surface area contributed by atoms with E-state index in [1.807, 2.05) is 65.4 Å². The van der Waals surface area contributed by atoms with Crippen molar-refractivity contribution in [1.82, 2.24) is 14.5 Å². The summed E-state index contributed by atoms with van der Waals surface area (Å²) in [4.78, 5) is 21.7.